The predicted octanol–water partition coefficient (Wildman–Crippen LogP) is 3.11. The van der Waals surface area contributed by atoms with E-state index in [1.807, 2.05) is 27.8 Å². The van der Waals surface area contributed by atoms with E-state index < -0.39 is 0 Å². The molecule has 0 N–H and O–H groups in total. The summed E-state index contributed by atoms with van der Waals surface area (Å²) in [7, 11) is 0. The van der Waals surface area contributed by atoms with Gasteiger partial charge in [0.1, 0.15) is 5.82 Å². The highest BCUT2D eigenvalue weighted by Gasteiger charge is 2.21. The summed E-state index contributed by atoms with van der Waals surface area (Å²) in [5.74, 6) is -0.271. The summed E-state index contributed by atoms with van der Waals surface area (Å²) >= 11 is 1.52. The van der Waals surface area contributed by atoms with Crippen LogP contribution in [0.3, 0.4) is 0 Å². The third kappa shape index (κ3) is 3.81. The summed E-state index contributed by atoms with van der Waals surface area (Å²) in [5.41, 5.74) is 1.66. The molecule has 1 amide bonds. The first-order valence-electron chi connectivity index (χ1n) is 7.90. The van der Waals surface area contributed by atoms with Gasteiger partial charge in [0.15, 0.2) is 0 Å². The summed E-state index contributed by atoms with van der Waals surface area (Å²) in [5, 5.41) is 12.6. The van der Waals surface area contributed by atoms with Gasteiger partial charge in [-0.1, -0.05) is 6.07 Å². The van der Waals surface area contributed by atoms with Gasteiger partial charge in [0.25, 0.3) is 5.91 Å². The standard InChI is InChI=1S/C18H18FN3OS/c19-17-10-14(11-20)2-3-15(17)12-21-5-1-6-22(8-7-21)18(23)16-4-9-24-13-16/h2-4,9-10,13H,1,5-8,12H2. The second kappa shape index (κ2) is 7.56. The number of rotatable bonds is 3. The fourth-order valence-electron chi connectivity index (χ4n) is 2.89. The summed E-state index contributed by atoms with van der Waals surface area (Å²) < 4.78 is 14.0. The van der Waals surface area contributed by atoms with Crippen LogP contribution in [-0.4, -0.2) is 41.9 Å². The van der Waals surface area contributed by atoms with E-state index in [1.165, 1.54) is 17.4 Å². The van der Waals surface area contributed by atoms with Crippen molar-refractivity contribution in [2.75, 3.05) is 26.2 Å². The number of thiophene rings is 1. The predicted molar refractivity (Wildman–Crippen MR) is 91.2 cm³/mol. The van der Waals surface area contributed by atoms with Crippen molar-refractivity contribution in [2.24, 2.45) is 0 Å². The topological polar surface area (TPSA) is 47.3 Å². The number of halogens is 1. The first-order chi connectivity index (χ1) is 11.7. The third-order valence-corrected chi connectivity index (χ3v) is 4.90. The Balaban J connectivity index is 1.62. The van der Waals surface area contributed by atoms with Crippen LogP contribution in [0.1, 0.15) is 27.9 Å². The van der Waals surface area contributed by atoms with Crippen molar-refractivity contribution >= 4 is 17.2 Å². The Morgan fingerprint density at radius 3 is 2.83 bits per heavy atom. The van der Waals surface area contributed by atoms with Crippen LogP contribution in [0.25, 0.3) is 0 Å². The lowest BCUT2D eigenvalue weighted by molar-refractivity contribution is 0.0761. The monoisotopic (exact) mass is 343 g/mol. The molecule has 2 heterocycles. The number of amides is 1. The molecule has 1 aliphatic heterocycles. The summed E-state index contributed by atoms with van der Waals surface area (Å²) in [6.45, 7) is 3.41. The third-order valence-electron chi connectivity index (χ3n) is 4.22. The Bertz CT molecular complexity index is 754. The highest BCUT2D eigenvalue weighted by Crippen LogP contribution is 2.16. The van der Waals surface area contributed by atoms with Crippen LogP contribution < -0.4 is 0 Å². The molecular weight excluding hydrogens is 325 g/mol. The maximum atomic E-state index is 14.0. The van der Waals surface area contributed by atoms with Crippen molar-refractivity contribution in [1.82, 2.24) is 9.80 Å². The molecule has 1 fully saturated rings. The van der Waals surface area contributed by atoms with Gasteiger partial charge < -0.3 is 4.90 Å². The molecule has 0 spiro atoms. The van der Waals surface area contributed by atoms with Gasteiger partial charge in [-0.2, -0.15) is 16.6 Å². The normalized spacial score (nSPS) is 15.8. The SMILES string of the molecule is N#Cc1ccc(CN2CCCN(C(=O)c3ccsc3)CC2)c(F)c1. The molecule has 0 radical (unpaired) electrons. The van der Waals surface area contributed by atoms with E-state index in [9.17, 15) is 9.18 Å². The average molecular weight is 343 g/mol. The number of hydrogen-bond acceptors (Lipinski definition) is 4. The number of benzene rings is 1. The highest BCUT2D eigenvalue weighted by atomic mass is 32.1. The summed E-state index contributed by atoms with van der Waals surface area (Å²) in [6.07, 6.45) is 0.869. The van der Waals surface area contributed by atoms with E-state index in [1.54, 1.807) is 12.1 Å². The van der Waals surface area contributed by atoms with Crippen molar-refractivity contribution in [3.8, 4) is 6.07 Å². The minimum atomic E-state index is -0.343. The lowest BCUT2D eigenvalue weighted by atomic mass is 10.1. The van der Waals surface area contributed by atoms with Crippen molar-refractivity contribution in [3.63, 3.8) is 0 Å². The lowest BCUT2D eigenvalue weighted by Gasteiger charge is -2.22. The first kappa shape index (κ1) is 16.6. The van der Waals surface area contributed by atoms with E-state index in [2.05, 4.69) is 4.90 Å². The van der Waals surface area contributed by atoms with E-state index in [4.69, 9.17) is 5.26 Å². The van der Waals surface area contributed by atoms with Gasteiger partial charge in [-0.15, -0.1) is 0 Å². The summed E-state index contributed by atoms with van der Waals surface area (Å²) in [4.78, 5) is 16.5. The minimum absolute atomic E-state index is 0.0719. The highest BCUT2D eigenvalue weighted by molar-refractivity contribution is 7.08. The van der Waals surface area contributed by atoms with Gasteiger partial charge in [-0.25, -0.2) is 4.39 Å². The van der Waals surface area contributed by atoms with Crippen LogP contribution in [0, 0.1) is 17.1 Å². The van der Waals surface area contributed by atoms with Gasteiger partial charge in [0.2, 0.25) is 0 Å². The Labute approximate surface area is 144 Å². The maximum absolute atomic E-state index is 14.0. The quantitative estimate of drug-likeness (QED) is 0.860. The fourth-order valence-corrected chi connectivity index (χ4v) is 3.52. The minimum Gasteiger partial charge on any atom is -0.337 e. The first-order valence-corrected chi connectivity index (χ1v) is 8.84. The molecule has 1 aromatic heterocycles. The molecule has 0 bridgehead atoms. The number of nitrogens with zero attached hydrogens (tertiary/aromatic N) is 3. The molecule has 3 rings (SSSR count). The zero-order valence-electron chi connectivity index (χ0n) is 13.2. The molecule has 4 nitrogen and oxygen atoms in total. The van der Waals surface area contributed by atoms with Crippen LogP contribution in [0.5, 0.6) is 0 Å². The molecule has 1 aliphatic rings. The molecule has 24 heavy (non-hydrogen) atoms. The van der Waals surface area contributed by atoms with Crippen LogP contribution in [-0.2, 0) is 6.54 Å². The van der Waals surface area contributed by atoms with Crippen LogP contribution in [0.15, 0.2) is 35.0 Å². The summed E-state index contributed by atoms with van der Waals surface area (Å²) in [6, 6.07) is 8.38. The Kier molecular flexibility index (Phi) is 5.24. The average Bonchev–Trinajstić information content (AvgIpc) is 3.03. The zero-order valence-corrected chi connectivity index (χ0v) is 14.1. The van der Waals surface area contributed by atoms with Crippen LogP contribution in [0.2, 0.25) is 0 Å². The molecule has 2 aromatic rings. The van der Waals surface area contributed by atoms with E-state index in [0.29, 0.717) is 24.2 Å². The zero-order chi connectivity index (χ0) is 16.9. The van der Waals surface area contributed by atoms with Crippen LogP contribution in [0.4, 0.5) is 4.39 Å². The maximum Gasteiger partial charge on any atom is 0.254 e. The molecule has 0 saturated carbocycles. The van der Waals surface area contributed by atoms with Crippen molar-refractivity contribution < 1.29 is 9.18 Å². The fraction of sp³-hybridized carbons (Fsp3) is 0.333. The van der Waals surface area contributed by atoms with Crippen LogP contribution >= 0.6 is 11.3 Å². The second-order valence-electron chi connectivity index (χ2n) is 5.85. The molecule has 0 aliphatic carbocycles. The number of hydrogen-bond donors (Lipinski definition) is 0. The largest absolute Gasteiger partial charge is 0.337 e. The molecule has 0 atom stereocenters. The Hall–Kier alpha value is -2.23. The van der Waals surface area contributed by atoms with E-state index in [-0.39, 0.29) is 11.7 Å². The van der Waals surface area contributed by atoms with Crippen molar-refractivity contribution in [2.45, 2.75) is 13.0 Å². The Morgan fingerprint density at radius 1 is 1.25 bits per heavy atom. The molecule has 6 heteroatoms. The molecular formula is C18H18FN3OS. The lowest BCUT2D eigenvalue weighted by Crippen LogP contribution is -2.35. The Morgan fingerprint density at radius 2 is 2.12 bits per heavy atom. The smallest absolute Gasteiger partial charge is 0.254 e. The molecule has 1 saturated heterocycles. The number of carbonyl (C=O) groups is 1. The van der Waals surface area contributed by atoms with Gasteiger partial charge in [-0.3, -0.25) is 9.69 Å². The number of carbonyl (C=O) groups excluding carboxylic acids is 1. The van der Waals surface area contributed by atoms with Crippen molar-refractivity contribution in [3.05, 3.63) is 57.5 Å². The van der Waals surface area contributed by atoms with Crippen molar-refractivity contribution in [1.29, 1.82) is 5.26 Å². The van der Waals surface area contributed by atoms with E-state index >= 15 is 0 Å². The van der Waals surface area contributed by atoms with Gasteiger partial charge in [0.05, 0.1) is 17.2 Å². The molecule has 124 valence electrons. The molecule has 1 aromatic carbocycles. The molecule has 0 unspecified atom stereocenters. The van der Waals surface area contributed by atoms with Gasteiger partial charge in [-0.05, 0) is 30.0 Å². The second-order valence-corrected chi connectivity index (χ2v) is 6.63. The number of nitriles is 1. The van der Waals surface area contributed by atoms with Gasteiger partial charge in [0, 0.05) is 43.7 Å². The van der Waals surface area contributed by atoms with E-state index in [0.717, 1.165) is 31.6 Å². The van der Waals surface area contributed by atoms with Gasteiger partial charge >= 0.3 is 0 Å².